The molecule has 19 heavy (non-hydrogen) atoms. The Kier molecular flexibility index (Phi) is 3.98. The minimum atomic E-state index is -0.226. The predicted octanol–water partition coefficient (Wildman–Crippen LogP) is 3.21. The molecule has 1 aliphatic heterocycles. The lowest BCUT2D eigenvalue weighted by Crippen LogP contribution is -2.43. The fourth-order valence-electron chi connectivity index (χ4n) is 2.26. The first-order valence-corrected chi connectivity index (χ1v) is 6.88. The third-order valence-corrected chi connectivity index (χ3v) is 3.06. The van der Waals surface area contributed by atoms with Crippen molar-refractivity contribution < 1.29 is 4.79 Å². The molecule has 2 amide bonds. The van der Waals surface area contributed by atoms with Gasteiger partial charge in [-0.25, -0.2) is 4.79 Å². The Labute approximate surface area is 115 Å². The van der Waals surface area contributed by atoms with E-state index in [4.69, 9.17) is 0 Å². The average molecular weight is 261 g/mol. The van der Waals surface area contributed by atoms with Gasteiger partial charge in [0, 0.05) is 30.0 Å². The average Bonchev–Trinajstić information content (AvgIpc) is 2.79. The number of amides is 2. The quantitative estimate of drug-likeness (QED) is 0.858. The highest BCUT2D eigenvalue weighted by molar-refractivity contribution is 5.90. The number of anilines is 2. The van der Waals surface area contributed by atoms with E-state index in [2.05, 4.69) is 21.6 Å². The Morgan fingerprint density at radius 1 is 1.21 bits per heavy atom. The number of urea groups is 1. The summed E-state index contributed by atoms with van der Waals surface area (Å²) in [5.74, 6) is 0. The summed E-state index contributed by atoms with van der Waals surface area (Å²) in [7, 11) is 0. The molecule has 104 valence electrons. The molecule has 2 N–H and O–H groups in total. The van der Waals surface area contributed by atoms with Gasteiger partial charge in [-0.15, -0.1) is 0 Å². The number of carbonyl (C=O) groups is 1. The van der Waals surface area contributed by atoms with Gasteiger partial charge in [0.2, 0.25) is 0 Å². The first-order valence-electron chi connectivity index (χ1n) is 6.88. The number of rotatable bonds is 2. The normalized spacial score (nSPS) is 15.4. The van der Waals surface area contributed by atoms with Crippen LogP contribution in [0.5, 0.6) is 0 Å². The van der Waals surface area contributed by atoms with Crippen molar-refractivity contribution in [2.24, 2.45) is 0 Å². The van der Waals surface area contributed by atoms with Gasteiger partial charge in [-0.3, -0.25) is 0 Å². The van der Waals surface area contributed by atoms with Gasteiger partial charge in [0.25, 0.3) is 0 Å². The Morgan fingerprint density at radius 3 is 2.53 bits per heavy atom. The molecule has 0 radical (unpaired) electrons. The maximum atomic E-state index is 11.8. The molecule has 4 heteroatoms. The van der Waals surface area contributed by atoms with Gasteiger partial charge in [0.15, 0.2) is 0 Å². The lowest BCUT2D eigenvalue weighted by molar-refractivity contribution is 0.244. The molecule has 0 atom stereocenters. The molecule has 1 aliphatic rings. The van der Waals surface area contributed by atoms with Crippen LogP contribution in [-0.2, 0) is 0 Å². The zero-order valence-corrected chi connectivity index (χ0v) is 12.0. The van der Waals surface area contributed by atoms with E-state index in [0.717, 1.165) is 18.8 Å². The van der Waals surface area contributed by atoms with Gasteiger partial charge in [-0.2, -0.15) is 0 Å². The lowest BCUT2D eigenvalue weighted by atomic mass is 10.1. The number of nitrogens with zero attached hydrogens (tertiary/aromatic N) is 1. The highest BCUT2D eigenvalue weighted by Crippen LogP contribution is 2.23. The maximum Gasteiger partial charge on any atom is 0.319 e. The van der Waals surface area contributed by atoms with Crippen LogP contribution in [0.15, 0.2) is 24.3 Å². The molecular formula is C15H23N3O. The molecular weight excluding hydrogens is 238 g/mol. The summed E-state index contributed by atoms with van der Waals surface area (Å²) in [6.45, 7) is 8.11. The summed E-state index contributed by atoms with van der Waals surface area (Å²) < 4.78 is 0. The molecule has 0 bridgehead atoms. The van der Waals surface area contributed by atoms with Gasteiger partial charge in [-0.1, -0.05) is 6.07 Å². The molecule has 0 spiro atoms. The summed E-state index contributed by atoms with van der Waals surface area (Å²) in [5, 5.41) is 5.78. The molecule has 1 aromatic carbocycles. The number of carbonyl (C=O) groups excluding carboxylic acids is 1. The van der Waals surface area contributed by atoms with E-state index >= 15 is 0 Å². The Balaban J connectivity index is 2.00. The first-order chi connectivity index (χ1) is 8.94. The van der Waals surface area contributed by atoms with Crippen molar-refractivity contribution in [3.05, 3.63) is 24.3 Å². The zero-order valence-electron chi connectivity index (χ0n) is 12.0. The van der Waals surface area contributed by atoms with Crippen molar-refractivity contribution in [2.75, 3.05) is 23.3 Å². The van der Waals surface area contributed by atoms with E-state index in [1.807, 2.05) is 39.0 Å². The summed E-state index contributed by atoms with van der Waals surface area (Å²) >= 11 is 0. The summed E-state index contributed by atoms with van der Waals surface area (Å²) in [6.07, 6.45) is 2.50. The van der Waals surface area contributed by atoms with Crippen molar-refractivity contribution in [1.82, 2.24) is 5.32 Å². The molecule has 0 aromatic heterocycles. The number of nitrogens with one attached hydrogen (secondary N) is 2. The Morgan fingerprint density at radius 2 is 1.89 bits per heavy atom. The van der Waals surface area contributed by atoms with Crippen molar-refractivity contribution in [3.8, 4) is 0 Å². The topological polar surface area (TPSA) is 44.4 Å². The Bertz CT molecular complexity index is 445. The largest absolute Gasteiger partial charge is 0.371 e. The van der Waals surface area contributed by atoms with Crippen molar-refractivity contribution >= 4 is 17.4 Å². The van der Waals surface area contributed by atoms with E-state index in [9.17, 15) is 4.79 Å². The maximum absolute atomic E-state index is 11.8. The third kappa shape index (κ3) is 4.16. The predicted molar refractivity (Wildman–Crippen MR) is 79.8 cm³/mol. The van der Waals surface area contributed by atoms with Crippen LogP contribution in [0.3, 0.4) is 0 Å². The van der Waals surface area contributed by atoms with Crippen LogP contribution >= 0.6 is 0 Å². The van der Waals surface area contributed by atoms with Gasteiger partial charge < -0.3 is 15.5 Å². The molecule has 1 aromatic rings. The first kappa shape index (κ1) is 13.7. The number of hydrogen-bond donors (Lipinski definition) is 2. The van der Waals surface area contributed by atoms with Crippen LogP contribution in [0.1, 0.15) is 33.6 Å². The standard InChI is InChI=1S/C15H23N3O/c1-15(2,3)17-14(19)16-12-7-6-8-13(11-12)18-9-4-5-10-18/h6-8,11H,4-5,9-10H2,1-3H3,(H2,16,17,19). The van der Waals surface area contributed by atoms with E-state index in [-0.39, 0.29) is 11.6 Å². The molecule has 4 nitrogen and oxygen atoms in total. The lowest BCUT2D eigenvalue weighted by Gasteiger charge is -2.22. The van der Waals surface area contributed by atoms with E-state index in [1.165, 1.54) is 18.5 Å². The molecule has 0 unspecified atom stereocenters. The second-order valence-corrected chi connectivity index (χ2v) is 6.07. The van der Waals surface area contributed by atoms with Crippen molar-refractivity contribution in [1.29, 1.82) is 0 Å². The fourth-order valence-corrected chi connectivity index (χ4v) is 2.26. The minimum Gasteiger partial charge on any atom is -0.371 e. The van der Waals surface area contributed by atoms with E-state index in [0.29, 0.717) is 0 Å². The summed E-state index contributed by atoms with van der Waals surface area (Å²) in [5.41, 5.74) is 1.80. The van der Waals surface area contributed by atoms with Crippen LogP contribution in [0.25, 0.3) is 0 Å². The zero-order chi connectivity index (χ0) is 13.9. The van der Waals surface area contributed by atoms with Gasteiger partial charge in [-0.05, 0) is 51.8 Å². The minimum absolute atomic E-state index is 0.161. The summed E-state index contributed by atoms with van der Waals surface area (Å²) in [4.78, 5) is 14.2. The monoisotopic (exact) mass is 261 g/mol. The van der Waals surface area contributed by atoms with Gasteiger partial charge in [0.1, 0.15) is 0 Å². The van der Waals surface area contributed by atoms with Crippen LogP contribution < -0.4 is 15.5 Å². The molecule has 0 aliphatic carbocycles. The molecule has 1 fully saturated rings. The molecule has 2 rings (SSSR count). The van der Waals surface area contributed by atoms with Crippen LogP contribution in [0.4, 0.5) is 16.2 Å². The summed E-state index contributed by atoms with van der Waals surface area (Å²) in [6, 6.07) is 7.87. The van der Waals surface area contributed by atoms with E-state index < -0.39 is 0 Å². The number of hydrogen-bond acceptors (Lipinski definition) is 2. The SMILES string of the molecule is CC(C)(C)NC(=O)Nc1cccc(N2CCCC2)c1. The third-order valence-electron chi connectivity index (χ3n) is 3.06. The highest BCUT2D eigenvalue weighted by Gasteiger charge is 2.15. The van der Waals surface area contributed by atoms with Crippen molar-refractivity contribution in [2.45, 2.75) is 39.2 Å². The van der Waals surface area contributed by atoms with Crippen LogP contribution in [-0.4, -0.2) is 24.7 Å². The number of benzene rings is 1. The highest BCUT2D eigenvalue weighted by atomic mass is 16.2. The van der Waals surface area contributed by atoms with Crippen LogP contribution in [0, 0.1) is 0 Å². The second kappa shape index (κ2) is 5.51. The smallest absolute Gasteiger partial charge is 0.319 e. The van der Waals surface area contributed by atoms with Crippen LogP contribution in [0.2, 0.25) is 0 Å². The molecule has 1 heterocycles. The Hall–Kier alpha value is -1.71. The van der Waals surface area contributed by atoms with E-state index in [1.54, 1.807) is 0 Å². The molecule has 1 saturated heterocycles. The molecule has 0 saturated carbocycles. The van der Waals surface area contributed by atoms with Gasteiger partial charge >= 0.3 is 6.03 Å². The fraction of sp³-hybridized carbons (Fsp3) is 0.533. The van der Waals surface area contributed by atoms with Gasteiger partial charge in [0.05, 0.1) is 0 Å². The second-order valence-electron chi connectivity index (χ2n) is 6.07. The van der Waals surface area contributed by atoms with Crippen molar-refractivity contribution in [3.63, 3.8) is 0 Å².